The number of hydrogen-bond acceptors (Lipinski definition) is 4. The van der Waals surface area contributed by atoms with E-state index in [-0.39, 0.29) is 5.91 Å². The van der Waals surface area contributed by atoms with Crippen molar-refractivity contribution in [1.29, 1.82) is 0 Å². The average Bonchev–Trinajstić information content (AvgIpc) is 2.42. The van der Waals surface area contributed by atoms with Crippen molar-refractivity contribution in [2.75, 3.05) is 20.7 Å². The molecule has 0 unspecified atom stereocenters. The first-order valence-corrected chi connectivity index (χ1v) is 7.00. The predicted molar refractivity (Wildman–Crippen MR) is 79.6 cm³/mol. The lowest BCUT2D eigenvalue weighted by atomic mass is 10.3. The fourth-order valence-electron chi connectivity index (χ4n) is 1.55. The Labute approximate surface area is 121 Å². The smallest absolute Gasteiger partial charge is 0.222 e. The quantitative estimate of drug-likeness (QED) is 0.738. The number of carbonyl (C=O) groups excluding carboxylic acids is 1. The van der Waals surface area contributed by atoms with E-state index < -0.39 is 0 Å². The summed E-state index contributed by atoms with van der Waals surface area (Å²) in [7, 11) is 3.52. The summed E-state index contributed by atoms with van der Waals surface area (Å²) < 4.78 is 5.56. The first-order valence-electron chi connectivity index (χ1n) is 7.00. The van der Waals surface area contributed by atoms with Gasteiger partial charge in [0.25, 0.3) is 0 Å². The van der Waals surface area contributed by atoms with Gasteiger partial charge in [-0.25, -0.2) is 0 Å². The Morgan fingerprint density at radius 2 is 2.15 bits per heavy atom. The summed E-state index contributed by atoms with van der Waals surface area (Å²) in [6.07, 6.45) is 2.95. The molecule has 0 saturated carbocycles. The molecule has 1 heterocycles. The van der Waals surface area contributed by atoms with Crippen LogP contribution < -0.4 is 10.1 Å². The fourth-order valence-corrected chi connectivity index (χ4v) is 1.55. The van der Waals surface area contributed by atoms with Crippen molar-refractivity contribution in [2.24, 2.45) is 0 Å². The highest BCUT2D eigenvalue weighted by Gasteiger charge is 2.03. The molecule has 1 amide bonds. The highest BCUT2D eigenvalue weighted by molar-refractivity contribution is 5.75. The van der Waals surface area contributed by atoms with Crippen LogP contribution in [0.15, 0.2) is 18.3 Å². The van der Waals surface area contributed by atoms with E-state index in [0.717, 1.165) is 18.0 Å². The van der Waals surface area contributed by atoms with Gasteiger partial charge in [0, 0.05) is 33.1 Å². The standard InChI is InChI=1S/C15H25N3O2/c1-12(2)16-10-13-7-8-14(11-17-13)20-9-5-6-15(19)18(3)4/h7-8,11-12,16H,5-6,9-10H2,1-4H3. The molecule has 5 heteroatoms. The average molecular weight is 279 g/mol. The molecule has 0 aromatic carbocycles. The molecule has 1 aromatic rings. The van der Waals surface area contributed by atoms with Gasteiger partial charge in [-0.05, 0) is 18.6 Å². The molecule has 0 radical (unpaired) electrons. The molecule has 1 rings (SSSR count). The van der Waals surface area contributed by atoms with Crippen LogP contribution in [0.4, 0.5) is 0 Å². The lowest BCUT2D eigenvalue weighted by Crippen LogP contribution is -2.22. The van der Waals surface area contributed by atoms with Crippen molar-refractivity contribution in [3.63, 3.8) is 0 Å². The lowest BCUT2D eigenvalue weighted by molar-refractivity contribution is -0.128. The molecule has 0 aliphatic heterocycles. The Morgan fingerprint density at radius 3 is 2.70 bits per heavy atom. The number of amides is 1. The van der Waals surface area contributed by atoms with Crippen molar-refractivity contribution in [3.05, 3.63) is 24.0 Å². The molecular weight excluding hydrogens is 254 g/mol. The van der Waals surface area contributed by atoms with E-state index in [0.29, 0.717) is 25.5 Å². The molecule has 0 fully saturated rings. The van der Waals surface area contributed by atoms with Crippen LogP contribution in [0.3, 0.4) is 0 Å². The molecule has 0 bridgehead atoms. The number of carbonyl (C=O) groups is 1. The van der Waals surface area contributed by atoms with Gasteiger partial charge in [-0.2, -0.15) is 0 Å². The second kappa shape index (κ2) is 8.53. The Morgan fingerprint density at radius 1 is 1.40 bits per heavy atom. The van der Waals surface area contributed by atoms with Gasteiger partial charge in [-0.3, -0.25) is 9.78 Å². The Balaban J connectivity index is 2.26. The number of pyridine rings is 1. The van der Waals surface area contributed by atoms with Gasteiger partial charge in [0.1, 0.15) is 5.75 Å². The Hall–Kier alpha value is -1.62. The molecule has 0 atom stereocenters. The maximum absolute atomic E-state index is 11.4. The zero-order valence-electron chi connectivity index (χ0n) is 12.8. The van der Waals surface area contributed by atoms with Crippen LogP contribution >= 0.6 is 0 Å². The maximum Gasteiger partial charge on any atom is 0.222 e. The third-order valence-electron chi connectivity index (χ3n) is 2.79. The minimum atomic E-state index is 0.127. The van der Waals surface area contributed by atoms with Crippen molar-refractivity contribution in [3.8, 4) is 5.75 Å². The van der Waals surface area contributed by atoms with Crippen LogP contribution in [0.25, 0.3) is 0 Å². The van der Waals surface area contributed by atoms with E-state index in [4.69, 9.17) is 4.74 Å². The summed E-state index contributed by atoms with van der Waals surface area (Å²) in [5.74, 6) is 0.873. The van der Waals surface area contributed by atoms with Crippen LogP contribution in [0, 0.1) is 0 Å². The Kier molecular flexibility index (Phi) is 7.01. The summed E-state index contributed by atoms with van der Waals surface area (Å²) in [5, 5.41) is 3.31. The summed E-state index contributed by atoms with van der Waals surface area (Å²) in [6.45, 7) is 5.50. The van der Waals surface area contributed by atoms with Gasteiger partial charge in [0.05, 0.1) is 18.5 Å². The minimum absolute atomic E-state index is 0.127. The van der Waals surface area contributed by atoms with E-state index in [2.05, 4.69) is 24.1 Å². The van der Waals surface area contributed by atoms with Crippen LogP contribution in [0.1, 0.15) is 32.4 Å². The van der Waals surface area contributed by atoms with Gasteiger partial charge in [-0.1, -0.05) is 13.8 Å². The van der Waals surface area contributed by atoms with Crippen molar-refractivity contribution >= 4 is 5.91 Å². The van der Waals surface area contributed by atoms with Gasteiger partial charge in [-0.15, -0.1) is 0 Å². The first kappa shape index (κ1) is 16.4. The monoisotopic (exact) mass is 279 g/mol. The summed E-state index contributed by atoms with van der Waals surface area (Å²) >= 11 is 0. The van der Waals surface area contributed by atoms with Crippen LogP contribution in [-0.4, -0.2) is 42.5 Å². The molecule has 0 spiro atoms. The topological polar surface area (TPSA) is 54.5 Å². The SMILES string of the molecule is CC(C)NCc1ccc(OCCCC(=O)N(C)C)cn1. The highest BCUT2D eigenvalue weighted by atomic mass is 16.5. The van der Waals surface area contributed by atoms with Crippen LogP contribution in [-0.2, 0) is 11.3 Å². The van der Waals surface area contributed by atoms with E-state index in [1.54, 1.807) is 25.2 Å². The van der Waals surface area contributed by atoms with Crippen molar-refractivity contribution in [2.45, 2.75) is 39.3 Å². The summed E-state index contributed by atoms with van der Waals surface area (Å²) in [6, 6.07) is 4.32. The molecule has 1 aromatic heterocycles. The zero-order valence-corrected chi connectivity index (χ0v) is 12.8. The number of rotatable bonds is 8. The summed E-state index contributed by atoms with van der Waals surface area (Å²) in [4.78, 5) is 17.3. The van der Waals surface area contributed by atoms with Gasteiger partial charge >= 0.3 is 0 Å². The lowest BCUT2D eigenvalue weighted by Gasteiger charge is -2.11. The molecular formula is C15H25N3O2. The second-order valence-corrected chi connectivity index (χ2v) is 5.26. The molecule has 5 nitrogen and oxygen atoms in total. The van der Waals surface area contributed by atoms with E-state index in [1.807, 2.05) is 12.1 Å². The third kappa shape index (κ3) is 6.52. The maximum atomic E-state index is 11.4. The number of ether oxygens (including phenoxy) is 1. The van der Waals surface area contributed by atoms with Crippen LogP contribution in [0.5, 0.6) is 5.75 Å². The van der Waals surface area contributed by atoms with Gasteiger partial charge < -0.3 is 15.0 Å². The fraction of sp³-hybridized carbons (Fsp3) is 0.600. The highest BCUT2D eigenvalue weighted by Crippen LogP contribution is 2.10. The molecule has 0 saturated heterocycles. The molecule has 20 heavy (non-hydrogen) atoms. The molecule has 112 valence electrons. The van der Waals surface area contributed by atoms with Crippen molar-refractivity contribution < 1.29 is 9.53 Å². The van der Waals surface area contributed by atoms with Crippen LogP contribution in [0.2, 0.25) is 0 Å². The van der Waals surface area contributed by atoms with Crippen molar-refractivity contribution in [1.82, 2.24) is 15.2 Å². The number of nitrogens with one attached hydrogen (secondary N) is 1. The predicted octanol–water partition coefficient (Wildman–Crippen LogP) is 1.83. The number of aromatic nitrogens is 1. The van der Waals surface area contributed by atoms with Gasteiger partial charge in [0.15, 0.2) is 0 Å². The van der Waals surface area contributed by atoms with Gasteiger partial charge in [0.2, 0.25) is 5.91 Å². The van der Waals surface area contributed by atoms with E-state index in [1.165, 1.54) is 0 Å². The third-order valence-corrected chi connectivity index (χ3v) is 2.79. The minimum Gasteiger partial charge on any atom is -0.492 e. The normalized spacial score (nSPS) is 10.7. The molecule has 0 aliphatic carbocycles. The Bertz CT molecular complexity index is 402. The largest absolute Gasteiger partial charge is 0.492 e. The molecule has 0 aliphatic rings. The zero-order chi connectivity index (χ0) is 15.0. The summed E-state index contributed by atoms with van der Waals surface area (Å²) in [5.41, 5.74) is 0.994. The second-order valence-electron chi connectivity index (χ2n) is 5.26. The number of nitrogens with zero attached hydrogens (tertiary/aromatic N) is 2. The number of hydrogen-bond donors (Lipinski definition) is 1. The molecule has 1 N–H and O–H groups in total. The first-order chi connectivity index (χ1) is 9.49. The van der Waals surface area contributed by atoms with E-state index in [9.17, 15) is 4.79 Å². The van der Waals surface area contributed by atoms with E-state index >= 15 is 0 Å².